The van der Waals surface area contributed by atoms with Crippen LogP contribution in [0, 0.1) is 0 Å². The van der Waals surface area contributed by atoms with Crippen molar-refractivity contribution in [1.82, 2.24) is 0 Å². The van der Waals surface area contributed by atoms with Crippen molar-refractivity contribution in [3.05, 3.63) is 24.3 Å². The first-order chi connectivity index (χ1) is 9.57. The van der Waals surface area contributed by atoms with Crippen molar-refractivity contribution in [2.24, 2.45) is 0 Å². The molecular formula is C15H22O4S. The molecule has 1 saturated carbocycles. The molecule has 2 rings (SSSR count). The summed E-state index contributed by atoms with van der Waals surface area (Å²) in [6.45, 7) is 0. The van der Waals surface area contributed by atoms with E-state index in [1.54, 1.807) is 24.3 Å². The normalized spacial score (nSPS) is 24.7. The van der Waals surface area contributed by atoms with Crippen LogP contribution in [0.3, 0.4) is 0 Å². The Labute approximate surface area is 120 Å². The van der Waals surface area contributed by atoms with Gasteiger partial charge in [-0.3, -0.25) is 0 Å². The van der Waals surface area contributed by atoms with E-state index in [4.69, 9.17) is 4.74 Å². The van der Waals surface area contributed by atoms with Gasteiger partial charge in [-0.05, 0) is 25.0 Å². The fraction of sp³-hybridized carbons (Fsp3) is 0.600. The lowest BCUT2D eigenvalue weighted by atomic mass is 9.98. The van der Waals surface area contributed by atoms with E-state index >= 15 is 0 Å². The standard InChI is InChI=1S/C15H22O4S/c1-19-13-9-6-7-11-15(13)20(17,18)14-10-5-3-2-4-8-12(14)16/h6-7,9,11-12,14,16H,2-5,8,10H2,1H3. The lowest BCUT2D eigenvalue weighted by Crippen LogP contribution is -2.35. The molecule has 5 heteroatoms. The summed E-state index contributed by atoms with van der Waals surface area (Å²) in [6.07, 6.45) is 4.11. The number of para-hydroxylation sites is 1. The summed E-state index contributed by atoms with van der Waals surface area (Å²) in [7, 11) is -2.11. The third kappa shape index (κ3) is 3.15. The number of aliphatic hydroxyl groups is 1. The van der Waals surface area contributed by atoms with Crippen LogP contribution < -0.4 is 4.74 Å². The minimum absolute atomic E-state index is 0.187. The number of methoxy groups -OCH3 is 1. The predicted molar refractivity (Wildman–Crippen MR) is 77.7 cm³/mol. The van der Waals surface area contributed by atoms with Gasteiger partial charge >= 0.3 is 0 Å². The zero-order valence-electron chi connectivity index (χ0n) is 11.8. The van der Waals surface area contributed by atoms with Gasteiger partial charge in [0.2, 0.25) is 0 Å². The third-order valence-electron chi connectivity index (χ3n) is 3.94. The molecule has 1 aliphatic carbocycles. The van der Waals surface area contributed by atoms with Crippen LogP contribution in [0.5, 0.6) is 5.75 Å². The molecule has 0 radical (unpaired) electrons. The first-order valence-corrected chi connectivity index (χ1v) is 8.67. The van der Waals surface area contributed by atoms with Crippen LogP contribution >= 0.6 is 0 Å². The van der Waals surface area contributed by atoms with Crippen molar-refractivity contribution in [1.29, 1.82) is 0 Å². The Balaban J connectivity index is 2.36. The fourth-order valence-corrected chi connectivity index (χ4v) is 4.86. The van der Waals surface area contributed by atoms with Gasteiger partial charge in [-0.2, -0.15) is 0 Å². The number of ether oxygens (including phenoxy) is 1. The number of sulfone groups is 1. The Kier molecular flexibility index (Phi) is 5.05. The minimum atomic E-state index is -3.57. The van der Waals surface area contributed by atoms with Crippen molar-refractivity contribution in [2.45, 2.75) is 54.8 Å². The van der Waals surface area contributed by atoms with Crippen LogP contribution in [0.25, 0.3) is 0 Å². The largest absolute Gasteiger partial charge is 0.495 e. The van der Waals surface area contributed by atoms with E-state index in [-0.39, 0.29) is 4.90 Å². The van der Waals surface area contributed by atoms with Gasteiger partial charge in [0.05, 0.1) is 18.5 Å². The van der Waals surface area contributed by atoms with Crippen LogP contribution in [0.2, 0.25) is 0 Å². The zero-order valence-corrected chi connectivity index (χ0v) is 12.6. The summed E-state index contributed by atoms with van der Waals surface area (Å²) in [6, 6.07) is 6.62. The SMILES string of the molecule is COc1ccccc1S(=O)(=O)C1CCCCCCC1O. The molecule has 0 heterocycles. The molecule has 4 nitrogen and oxygen atoms in total. The van der Waals surface area contributed by atoms with Crippen molar-refractivity contribution in [2.75, 3.05) is 7.11 Å². The molecule has 0 aromatic heterocycles. The maximum absolute atomic E-state index is 12.8. The summed E-state index contributed by atoms with van der Waals surface area (Å²) in [5.41, 5.74) is 0. The average Bonchev–Trinajstić information content (AvgIpc) is 2.42. The van der Waals surface area contributed by atoms with Gasteiger partial charge in [0.15, 0.2) is 9.84 Å². The fourth-order valence-electron chi connectivity index (χ4n) is 2.81. The lowest BCUT2D eigenvalue weighted by Gasteiger charge is -2.25. The van der Waals surface area contributed by atoms with E-state index in [9.17, 15) is 13.5 Å². The highest BCUT2D eigenvalue weighted by Gasteiger charge is 2.35. The molecule has 2 unspecified atom stereocenters. The average molecular weight is 298 g/mol. The Morgan fingerprint density at radius 2 is 1.75 bits per heavy atom. The monoisotopic (exact) mass is 298 g/mol. The molecule has 0 aliphatic heterocycles. The lowest BCUT2D eigenvalue weighted by molar-refractivity contribution is 0.144. The van der Waals surface area contributed by atoms with E-state index < -0.39 is 21.2 Å². The van der Waals surface area contributed by atoms with Gasteiger partial charge in [0.1, 0.15) is 10.6 Å². The molecule has 1 N–H and O–H groups in total. The molecule has 1 aliphatic rings. The number of rotatable bonds is 3. The van der Waals surface area contributed by atoms with Gasteiger partial charge in [0, 0.05) is 0 Å². The topological polar surface area (TPSA) is 63.6 Å². The molecule has 0 amide bonds. The van der Waals surface area contributed by atoms with Crippen molar-refractivity contribution < 1.29 is 18.3 Å². The van der Waals surface area contributed by atoms with Gasteiger partial charge < -0.3 is 9.84 Å². The second-order valence-corrected chi connectivity index (χ2v) is 7.43. The highest BCUT2D eigenvalue weighted by molar-refractivity contribution is 7.92. The molecule has 20 heavy (non-hydrogen) atoms. The molecule has 112 valence electrons. The highest BCUT2D eigenvalue weighted by Crippen LogP contribution is 2.32. The summed E-state index contributed by atoms with van der Waals surface area (Å²) >= 11 is 0. The zero-order chi connectivity index (χ0) is 14.6. The Morgan fingerprint density at radius 1 is 1.10 bits per heavy atom. The summed E-state index contributed by atoms with van der Waals surface area (Å²) in [5.74, 6) is 0.349. The van der Waals surface area contributed by atoms with Crippen LogP contribution in [-0.4, -0.2) is 32.0 Å². The Hall–Kier alpha value is -1.07. The van der Waals surface area contributed by atoms with Crippen molar-refractivity contribution in [3.63, 3.8) is 0 Å². The van der Waals surface area contributed by atoms with Crippen LogP contribution in [-0.2, 0) is 9.84 Å². The van der Waals surface area contributed by atoms with E-state index in [0.717, 1.165) is 25.7 Å². The second-order valence-electron chi connectivity index (χ2n) is 5.29. The van der Waals surface area contributed by atoms with E-state index in [1.165, 1.54) is 7.11 Å². The first-order valence-electron chi connectivity index (χ1n) is 7.12. The number of benzene rings is 1. The van der Waals surface area contributed by atoms with Crippen molar-refractivity contribution >= 4 is 9.84 Å². The number of aliphatic hydroxyl groups excluding tert-OH is 1. The Bertz CT molecular complexity index is 539. The summed E-state index contributed by atoms with van der Waals surface area (Å²) in [5, 5.41) is 9.49. The molecule has 0 bridgehead atoms. The highest BCUT2D eigenvalue weighted by atomic mass is 32.2. The smallest absolute Gasteiger partial charge is 0.187 e. The van der Waals surface area contributed by atoms with Crippen molar-refractivity contribution in [3.8, 4) is 5.75 Å². The molecule has 0 spiro atoms. The summed E-state index contributed by atoms with van der Waals surface area (Å²) in [4.78, 5) is 0.187. The maximum atomic E-state index is 12.8. The van der Waals surface area contributed by atoms with Gasteiger partial charge in [-0.25, -0.2) is 8.42 Å². The van der Waals surface area contributed by atoms with Gasteiger partial charge in [-0.1, -0.05) is 37.8 Å². The van der Waals surface area contributed by atoms with Crippen LogP contribution in [0.15, 0.2) is 29.2 Å². The molecule has 1 aromatic carbocycles. The van der Waals surface area contributed by atoms with Crippen LogP contribution in [0.1, 0.15) is 38.5 Å². The maximum Gasteiger partial charge on any atom is 0.187 e. The molecule has 2 atom stereocenters. The van der Waals surface area contributed by atoms with E-state index in [1.807, 2.05) is 0 Å². The molecule has 1 aromatic rings. The van der Waals surface area contributed by atoms with Gasteiger partial charge in [-0.15, -0.1) is 0 Å². The quantitative estimate of drug-likeness (QED) is 0.931. The molecular weight excluding hydrogens is 276 g/mol. The van der Waals surface area contributed by atoms with E-state index in [2.05, 4.69) is 0 Å². The van der Waals surface area contributed by atoms with E-state index in [0.29, 0.717) is 18.6 Å². The molecule has 1 fully saturated rings. The number of hydrogen-bond acceptors (Lipinski definition) is 4. The Morgan fingerprint density at radius 3 is 2.45 bits per heavy atom. The van der Waals surface area contributed by atoms with Crippen LogP contribution in [0.4, 0.5) is 0 Å². The number of hydrogen-bond donors (Lipinski definition) is 1. The van der Waals surface area contributed by atoms with Gasteiger partial charge in [0.25, 0.3) is 0 Å². The minimum Gasteiger partial charge on any atom is -0.495 e. The predicted octanol–water partition coefficient (Wildman–Crippen LogP) is 2.55. The molecule has 0 saturated heterocycles. The summed E-state index contributed by atoms with van der Waals surface area (Å²) < 4.78 is 30.8. The first kappa shape index (κ1) is 15.3. The third-order valence-corrected chi connectivity index (χ3v) is 6.24. The second kappa shape index (κ2) is 6.59.